The molecule has 0 radical (unpaired) electrons. The zero-order valence-corrected chi connectivity index (χ0v) is 20.2. The zero-order valence-electron chi connectivity index (χ0n) is 18.6. The van der Waals surface area contributed by atoms with Gasteiger partial charge in [-0.3, -0.25) is 9.59 Å². The van der Waals surface area contributed by atoms with E-state index < -0.39 is 6.04 Å². The Labute approximate surface area is 204 Å². The molecule has 0 saturated carbocycles. The first-order chi connectivity index (χ1) is 15.9. The Morgan fingerprint density at radius 2 is 1.82 bits per heavy atom. The van der Waals surface area contributed by atoms with Gasteiger partial charge in [0.1, 0.15) is 6.04 Å². The third kappa shape index (κ3) is 5.39. The molecule has 0 unspecified atom stereocenters. The van der Waals surface area contributed by atoms with Crippen LogP contribution in [-0.2, 0) is 9.59 Å². The molecule has 33 heavy (non-hydrogen) atoms. The second-order valence-electron chi connectivity index (χ2n) is 8.25. The molecule has 1 atom stereocenters. The summed E-state index contributed by atoms with van der Waals surface area (Å²) >= 11 is 11.9. The molecule has 2 amide bonds. The van der Waals surface area contributed by atoms with Crippen molar-refractivity contribution in [2.45, 2.75) is 19.4 Å². The van der Waals surface area contributed by atoms with Gasteiger partial charge in [-0.05, 0) is 49.0 Å². The first-order valence-corrected chi connectivity index (χ1v) is 11.9. The highest BCUT2D eigenvalue weighted by atomic mass is 35.5. The van der Waals surface area contributed by atoms with Crippen molar-refractivity contribution in [3.05, 3.63) is 59.1 Å². The Bertz CT molecular complexity index is 1030. The predicted molar refractivity (Wildman–Crippen MR) is 136 cm³/mol. The van der Waals surface area contributed by atoms with Crippen LogP contribution in [0.2, 0.25) is 5.02 Å². The summed E-state index contributed by atoms with van der Waals surface area (Å²) in [7, 11) is 0. The summed E-state index contributed by atoms with van der Waals surface area (Å²) < 4.78 is 0. The number of carbonyl (C=O) groups excluding carboxylic acids is 2. The first-order valence-electron chi connectivity index (χ1n) is 11.1. The Balaban J connectivity index is 1.38. The lowest BCUT2D eigenvalue weighted by Crippen LogP contribution is -2.60. The van der Waals surface area contributed by atoms with E-state index in [2.05, 4.69) is 27.7 Å². The van der Waals surface area contributed by atoms with Crippen LogP contribution >= 0.6 is 23.8 Å². The molecule has 2 N–H and O–H groups in total. The number of halogens is 1. The monoisotopic (exact) mass is 485 g/mol. The number of thiocarbonyl (C=S) groups is 1. The number of piperazine rings is 2. The Hall–Kier alpha value is -2.84. The minimum atomic E-state index is -0.641. The minimum absolute atomic E-state index is 0.0310. The number of para-hydroxylation sites is 1. The summed E-state index contributed by atoms with van der Waals surface area (Å²) in [5, 5.41) is 7.14. The van der Waals surface area contributed by atoms with Crippen LogP contribution in [-0.4, -0.2) is 72.0 Å². The maximum absolute atomic E-state index is 13.1. The highest BCUT2D eigenvalue weighted by Crippen LogP contribution is 2.24. The van der Waals surface area contributed by atoms with E-state index in [1.165, 1.54) is 0 Å². The number of hydrogen-bond acceptors (Lipinski definition) is 4. The fraction of sp³-hybridized carbons (Fsp3) is 0.375. The molecule has 0 aromatic heterocycles. The van der Waals surface area contributed by atoms with Gasteiger partial charge in [-0.15, -0.1) is 0 Å². The Morgan fingerprint density at radius 3 is 2.55 bits per heavy atom. The topological polar surface area (TPSA) is 67.9 Å². The molecule has 0 bridgehead atoms. The molecule has 174 valence electrons. The van der Waals surface area contributed by atoms with Gasteiger partial charge in [0.25, 0.3) is 0 Å². The largest absolute Gasteiger partial charge is 0.368 e. The molecule has 7 nitrogen and oxygen atoms in total. The Kier molecular flexibility index (Phi) is 7.35. The molecular formula is C24H28ClN5O2S. The van der Waals surface area contributed by atoms with E-state index in [0.29, 0.717) is 36.3 Å². The number of nitrogens with one attached hydrogen (secondary N) is 2. The van der Waals surface area contributed by atoms with Gasteiger partial charge in [0.05, 0.1) is 6.42 Å². The van der Waals surface area contributed by atoms with Gasteiger partial charge in [-0.2, -0.15) is 0 Å². The molecule has 4 rings (SSSR count). The SMILES string of the molecule is Cc1c(Cl)cccc1NC(=S)N1CCNC(=O)[C@H]1CC(=O)N1CCN(c2ccccc2)CC1. The predicted octanol–water partition coefficient (Wildman–Crippen LogP) is 2.88. The molecule has 2 aliphatic heterocycles. The summed E-state index contributed by atoms with van der Waals surface area (Å²) in [5.41, 5.74) is 2.84. The number of nitrogens with zero attached hydrogens (tertiary/aromatic N) is 3. The van der Waals surface area contributed by atoms with Crippen LogP contribution in [0.15, 0.2) is 48.5 Å². The number of benzene rings is 2. The van der Waals surface area contributed by atoms with E-state index in [4.69, 9.17) is 23.8 Å². The molecule has 9 heteroatoms. The number of amides is 2. The summed E-state index contributed by atoms with van der Waals surface area (Å²) in [6.45, 7) is 5.73. The average molecular weight is 486 g/mol. The van der Waals surface area contributed by atoms with Gasteiger partial charge in [-0.25, -0.2) is 0 Å². The summed E-state index contributed by atoms with van der Waals surface area (Å²) in [5.74, 6) is -0.207. The Morgan fingerprint density at radius 1 is 1.09 bits per heavy atom. The molecule has 2 saturated heterocycles. The van der Waals surface area contributed by atoms with Gasteiger partial charge < -0.3 is 25.3 Å². The van der Waals surface area contributed by atoms with Gasteiger partial charge >= 0.3 is 0 Å². The van der Waals surface area contributed by atoms with Gasteiger partial charge in [0.15, 0.2) is 5.11 Å². The van der Waals surface area contributed by atoms with E-state index in [1.807, 2.05) is 53.1 Å². The van der Waals surface area contributed by atoms with Crippen LogP contribution in [0.3, 0.4) is 0 Å². The molecule has 2 fully saturated rings. The van der Waals surface area contributed by atoms with Crippen molar-refractivity contribution in [1.82, 2.24) is 15.1 Å². The molecule has 2 aromatic carbocycles. The van der Waals surface area contributed by atoms with Crippen molar-refractivity contribution in [2.24, 2.45) is 0 Å². The normalized spacial score (nSPS) is 18.7. The fourth-order valence-electron chi connectivity index (χ4n) is 4.24. The van der Waals surface area contributed by atoms with Crippen molar-refractivity contribution in [1.29, 1.82) is 0 Å². The fourth-order valence-corrected chi connectivity index (χ4v) is 4.74. The van der Waals surface area contributed by atoms with Gasteiger partial charge in [-0.1, -0.05) is 35.9 Å². The molecule has 0 aliphatic carbocycles. The van der Waals surface area contributed by atoms with Crippen LogP contribution < -0.4 is 15.5 Å². The molecule has 2 aromatic rings. The van der Waals surface area contributed by atoms with E-state index in [0.717, 1.165) is 30.0 Å². The van der Waals surface area contributed by atoms with Crippen molar-refractivity contribution in [3.63, 3.8) is 0 Å². The smallest absolute Gasteiger partial charge is 0.243 e. The third-order valence-electron chi connectivity index (χ3n) is 6.22. The third-order valence-corrected chi connectivity index (χ3v) is 6.97. The van der Waals surface area contributed by atoms with Crippen molar-refractivity contribution in [3.8, 4) is 0 Å². The summed E-state index contributed by atoms with van der Waals surface area (Å²) in [4.78, 5) is 31.7. The number of anilines is 2. The first kappa shape index (κ1) is 23.3. The quantitative estimate of drug-likeness (QED) is 0.649. The van der Waals surface area contributed by atoms with Crippen molar-refractivity contribution in [2.75, 3.05) is 49.5 Å². The highest BCUT2D eigenvalue weighted by Gasteiger charge is 2.35. The van der Waals surface area contributed by atoms with E-state index in [1.54, 1.807) is 0 Å². The van der Waals surface area contributed by atoms with E-state index in [9.17, 15) is 9.59 Å². The molecule has 0 spiro atoms. The molecular weight excluding hydrogens is 458 g/mol. The van der Waals surface area contributed by atoms with Gasteiger partial charge in [0.2, 0.25) is 11.8 Å². The second-order valence-corrected chi connectivity index (χ2v) is 9.04. The lowest BCUT2D eigenvalue weighted by Gasteiger charge is -2.39. The lowest BCUT2D eigenvalue weighted by molar-refractivity contribution is -0.137. The van der Waals surface area contributed by atoms with Crippen LogP contribution in [0.1, 0.15) is 12.0 Å². The summed E-state index contributed by atoms with van der Waals surface area (Å²) in [6, 6.07) is 15.1. The number of rotatable bonds is 4. The highest BCUT2D eigenvalue weighted by molar-refractivity contribution is 7.80. The van der Waals surface area contributed by atoms with E-state index >= 15 is 0 Å². The molecule has 2 heterocycles. The number of carbonyl (C=O) groups is 2. The van der Waals surface area contributed by atoms with Gasteiger partial charge in [0, 0.05) is 55.7 Å². The molecule has 2 aliphatic rings. The number of hydrogen-bond donors (Lipinski definition) is 2. The maximum atomic E-state index is 13.1. The van der Waals surface area contributed by atoms with Crippen LogP contribution in [0.4, 0.5) is 11.4 Å². The lowest BCUT2D eigenvalue weighted by atomic mass is 10.1. The van der Waals surface area contributed by atoms with Crippen LogP contribution in [0, 0.1) is 6.92 Å². The van der Waals surface area contributed by atoms with Crippen LogP contribution in [0.25, 0.3) is 0 Å². The van der Waals surface area contributed by atoms with E-state index in [-0.39, 0.29) is 18.2 Å². The van der Waals surface area contributed by atoms with Crippen LogP contribution in [0.5, 0.6) is 0 Å². The maximum Gasteiger partial charge on any atom is 0.243 e. The summed E-state index contributed by atoms with van der Waals surface area (Å²) in [6.07, 6.45) is 0.0908. The van der Waals surface area contributed by atoms with Crippen molar-refractivity contribution < 1.29 is 9.59 Å². The second kappa shape index (κ2) is 10.4. The average Bonchev–Trinajstić information content (AvgIpc) is 2.84. The van der Waals surface area contributed by atoms with Crippen molar-refractivity contribution >= 4 is 52.1 Å². The zero-order chi connectivity index (χ0) is 23.4. The minimum Gasteiger partial charge on any atom is -0.368 e. The standard InChI is InChI=1S/C24H28ClN5O2S/c1-17-19(25)8-5-9-20(17)27-24(33)30-11-10-26-23(32)21(30)16-22(31)29-14-12-28(13-15-29)18-6-3-2-4-7-18/h2-9,21H,10-16H2,1H3,(H,26,32)(H,27,33)/t21-/m1/s1.